The van der Waals surface area contributed by atoms with Crippen molar-refractivity contribution in [1.29, 1.82) is 0 Å². The Kier molecular flexibility index (Phi) is 5.96. The van der Waals surface area contributed by atoms with E-state index in [0.29, 0.717) is 5.11 Å². The quantitative estimate of drug-likeness (QED) is 0.397. The van der Waals surface area contributed by atoms with Gasteiger partial charge in [0.1, 0.15) is 0 Å². The van der Waals surface area contributed by atoms with E-state index in [4.69, 9.17) is 12.2 Å². The Morgan fingerprint density at radius 1 is 0.808 bits per heavy atom. The topological polar surface area (TPSA) is 39.7 Å². The summed E-state index contributed by atoms with van der Waals surface area (Å²) in [4.78, 5) is 2.22. The number of nitrogens with zero attached hydrogens (tertiary/aromatic N) is 2. The zero-order valence-corrected chi connectivity index (χ0v) is 15.3. The minimum absolute atomic E-state index is 0.484. The van der Waals surface area contributed by atoms with Crippen LogP contribution < -0.4 is 15.6 Å². The highest BCUT2D eigenvalue weighted by atomic mass is 32.1. The molecule has 0 aliphatic rings. The van der Waals surface area contributed by atoms with Gasteiger partial charge in [0, 0.05) is 24.1 Å². The van der Waals surface area contributed by atoms with E-state index >= 15 is 0 Å². The van der Waals surface area contributed by atoms with Gasteiger partial charge in [-0.2, -0.15) is 5.10 Å². The van der Waals surface area contributed by atoms with Crippen molar-refractivity contribution in [1.82, 2.24) is 10.7 Å². The summed E-state index contributed by atoms with van der Waals surface area (Å²) < 4.78 is 0. The number of para-hydroxylation sites is 2. The molecule has 0 saturated heterocycles. The number of nitrogens with one attached hydrogen (secondary N) is 2. The molecular weight excluding hydrogens is 340 g/mol. The molecule has 0 heterocycles. The first kappa shape index (κ1) is 17.6. The van der Waals surface area contributed by atoms with Crippen LogP contribution in [0.25, 0.3) is 0 Å². The lowest BCUT2D eigenvalue weighted by atomic mass is 10.1. The van der Waals surface area contributed by atoms with Crippen molar-refractivity contribution >= 4 is 40.6 Å². The van der Waals surface area contributed by atoms with Gasteiger partial charge in [-0.1, -0.05) is 48.5 Å². The minimum Gasteiger partial charge on any atom is -0.364 e. The summed E-state index contributed by atoms with van der Waals surface area (Å²) in [6.45, 7) is 0. The smallest absolute Gasteiger partial charge is 0.186 e. The number of rotatable bonds is 5. The van der Waals surface area contributed by atoms with Gasteiger partial charge < -0.3 is 10.2 Å². The van der Waals surface area contributed by atoms with Crippen LogP contribution in [0.4, 0.5) is 17.1 Å². The predicted molar refractivity (Wildman–Crippen MR) is 114 cm³/mol. The lowest BCUT2D eigenvalue weighted by molar-refractivity contribution is 0.982. The maximum atomic E-state index is 4.99. The third kappa shape index (κ3) is 4.46. The Bertz CT molecular complexity index is 822. The maximum Gasteiger partial charge on any atom is 0.186 e. The van der Waals surface area contributed by atoms with Gasteiger partial charge in [-0.25, -0.2) is 0 Å². The van der Waals surface area contributed by atoms with Crippen LogP contribution in [0.15, 0.2) is 90.0 Å². The molecule has 0 fully saturated rings. The Morgan fingerprint density at radius 3 is 1.81 bits per heavy atom. The molecule has 0 aromatic heterocycles. The summed E-state index contributed by atoms with van der Waals surface area (Å²) in [6.07, 6.45) is 1.74. The molecule has 3 aromatic carbocycles. The fraction of sp³-hybridized carbons (Fsp3) is 0.0476. The van der Waals surface area contributed by atoms with Gasteiger partial charge in [-0.15, -0.1) is 0 Å². The Labute approximate surface area is 159 Å². The van der Waals surface area contributed by atoms with Gasteiger partial charge in [-0.3, -0.25) is 5.43 Å². The molecule has 0 aliphatic heterocycles. The zero-order chi connectivity index (χ0) is 18.2. The van der Waals surface area contributed by atoms with Crippen molar-refractivity contribution in [3.63, 3.8) is 0 Å². The number of thiocarbonyl (C=S) groups is 1. The summed E-state index contributed by atoms with van der Waals surface area (Å²) in [7, 11) is 1.75. The average Bonchev–Trinajstić information content (AvgIpc) is 2.71. The SMILES string of the molecule is CNC(=S)N/N=C\c1ccc(N(c2ccccc2)c2ccccc2)cc1. The highest BCUT2D eigenvalue weighted by Gasteiger charge is 2.11. The molecule has 0 radical (unpaired) electrons. The monoisotopic (exact) mass is 360 g/mol. The highest BCUT2D eigenvalue weighted by molar-refractivity contribution is 7.80. The third-order valence-corrected chi connectivity index (χ3v) is 4.08. The van der Waals surface area contributed by atoms with E-state index in [2.05, 4.69) is 57.1 Å². The van der Waals surface area contributed by atoms with Crippen molar-refractivity contribution in [2.24, 2.45) is 5.10 Å². The van der Waals surface area contributed by atoms with Gasteiger partial charge in [0.05, 0.1) is 6.21 Å². The van der Waals surface area contributed by atoms with E-state index in [1.807, 2.05) is 48.5 Å². The number of hydrogen-bond donors (Lipinski definition) is 2. The van der Waals surface area contributed by atoms with E-state index < -0.39 is 0 Å². The van der Waals surface area contributed by atoms with Crippen LogP contribution in [-0.2, 0) is 0 Å². The standard InChI is InChI=1S/C21H20N4S/c1-22-21(26)24-23-16-17-12-14-20(15-13-17)25(18-8-4-2-5-9-18)19-10-6-3-7-11-19/h2-16H,1H3,(H2,22,24,26)/b23-16-. The van der Waals surface area contributed by atoms with Gasteiger partial charge in [0.15, 0.2) is 5.11 Å². The van der Waals surface area contributed by atoms with Crippen LogP contribution >= 0.6 is 12.2 Å². The first-order valence-electron chi connectivity index (χ1n) is 8.29. The van der Waals surface area contributed by atoms with Gasteiger partial charge in [-0.05, 0) is 54.2 Å². The summed E-state index contributed by atoms with van der Waals surface area (Å²) >= 11 is 4.99. The number of hydrazone groups is 1. The molecule has 2 N–H and O–H groups in total. The van der Waals surface area contributed by atoms with E-state index in [1.54, 1.807) is 13.3 Å². The second-order valence-electron chi connectivity index (χ2n) is 5.55. The molecule has 3 rings (SSSR count). The van der Waals surface area contributed by atoms with Crippen LogP contribution in [0, 0.1) is 0 Å². The van der Waals surface area contributed by atoms with Gasteiger partial charge >= 0.3 is 0 Å². The molecule has 0 bridgehead atoms. The summed E-state index contributed by atoms with van der Waals surface area (Å²) in [5, 5.41) is 7.41. The molecule has 0 saturated carbocycles. The van der Waals surface area contributed by atoms with Crippen molar-refractivity contribution in [2.45, 2.75) is 0 Å². The number of anilines is 3. The van der Waals surface area contributed by atoms with Crippen molar-refractivity contribution in [2.75, 3.05) is 11.9 Å². The lowest BCUT2D eigenvalue weighted by Crippen LogP contribution is -2.28. The maximum absolute atomic E-state index is 4.99. The van der Waals surface area contributed by atoms with E-state index in [1.165, 1.54) is 0 Å². The van der Waals surface area contributed by atoms with Crippen LogP contribution in [0.3, 0.4) is 0 Å². The Balaban J connectivity index is 1.87. The fourth-order valence-electron chi connectivity index (χ4n) is 2.53. The summed E-state index contributed by atoms with van der Waals surface area (Å²) in [6, 6.07) is 28.9. The summed E-state index contributed by atoms with van der Waals surface area (Å²) in [5.74, 6) is 0. The molecular formula is C21H20N4S. The summed E-state index contributed by atoms with van der Waals surface area (Å²) in [5.41, 5.74) is 7.04. The molecule has 26 heavy (non-hydrogen) atoms. The molecule has 0 spiro atoms. The van der Waals surface area contributed by atoms with Gasteiger partial charge in [0.25, 0.3) is 0 Å². The van der Waals surface area contributed by atoms with Crippen LogP contribution in [0.5, 0.6) is 0 Å². The van der Waals surface area contributed by atoms with E-state index in [-0.39, 0.29) is 0 Å². The molecule has 130 valence electrons. The van der Waals surface area contributed by atoms with E-state index in [9.17, 15) is 0 Å². The van der Waals surface area contributed by atoms with Crippen molar-refractivity contribution in [3.8, 4) is 0 Å². The molecule has 5 heteroatoms. The fourth-order valence-corrected chi connectivity index (χ4v) is 2.58. The second kappa shape index (κ2) is 8.78. The average molecular weight is 360 g/mol. The molecule has 0 unspecified atom stereocenters. The zero-order valence-electron chi connectivity index (χ0n) is 14.5. The van der Waals surface area contributed by atoms with Crippen molar-refractivity contribution in [3.05, 3.63) is 90.5 Å². The van der Waals surface area contributed by atoms with Crippen LogP contribution in [0.1, 0.15) is 5.56 Å². The molecule has 0 atom stereocenters. The number of hydrogen-bond acceptors (Lipinski definition) is 3. The lowest BCUT2D eigenvalue weighted by Gasteiger charge is -2.25. The van der Waals surface area contributed by atoms with Gasteiger partial charge in [0.2, 0.25) is 0 Å². The number of benzene rings is 3. The van der Waals surface area contributed by atoms with Crippen molar-refractivity contribution < 1.29 is 0 Å². The Morgan fingerprint density at radius 2 is 1.31 bits per heavy atom. The molecule has 0 aliphatic carbocycles. The second-order valence-corrected chi connectivity index (χ2v) is 5.96. The first-order chi connectivity index (χ1) is 12.8. The minimum atomic E-state index is 0.484. The first-order valence-corrected chi connectivity index (χ1v) is 8.70. The normalized spacial score (nSPS) is 10.5. The molecule has 4 nitrogen and oxygen atoms in total. The van der Waals surface area contributed by atoms with E-state index in [0.717, 1.165) is 22.6 Å². The molecule has 0 amide bonds. The van der Waals surface area contributed by atoms with Crippen LogP contribution in [0.2, 0.25) is 0 Å². The Hall–Kier alpha value is -3.18. The predicted octanol–water partition coefficient (Wildman–Crippen LogP) is 4.58. The largest absolute Gasteiger partial charge is 0.364 e. The molecule has 3 aromatic rings. The third-order valence-electron chi connectivity index (χ3n) is 3.79. The highest BCUT2D eigenvalue weighted by Crippen LogP contribution is 2.33. The van der Waals surface area contributed by atoms with Crippen LogP contribution in [-0.4, -0.2) is 18.4 Å².